The predicted molar refractivity (Wildman–Crippen MR) is 137 cm³/mol. The minimum Gasteiger partial charge on any atom is -0.390 e. The van der Waals surface area contributed by atoms with E-state index in [1.54, 1.807) is 60.7 Å². The maximum Gasteiger partial charge on any atom is 0.149 e. The van der Waals surface area contributed by atoms with Gasteiger partial charge in [0.2, 0.25) is 0 Å². The van der Waals surface area contributed by atoms with Crippen LogP contribution in [0.4, 0.5) is 0 Å². The fourth-order valence-electron chi connectivity index (χ4n) is 4.43. The van der Waals surface area contributed by atoms with Crippen molar-refractivity contribution in [3.63, 3.8) is 0 Å². The van der Waals surface area contributed by atoms with Gasteiger partial charge in [-0.25, -0.2) is 0 Å². The molecule has 0 saturated heterocycles. The first kappa shape index (κ1) is 24.1. The number of rotatable bonds is 9. The van der Waals surface area contributed by atoms with Crippen LogP contribution >= 0.6 is 7.14 Å². The zero-order valence-electron chi connectivity index (χ0n) is 18.8. The van der Waals surface area contributed by atoms with Crippen LogP contribution < -0.4 is 10.6 Å². The van der Waals surface area contributed by atoms with Gasteiger partial charge >= 0.3 is 0 Å². The minimum absolute atomic E-state index is 0.0623. The molecule has 0 fully saturated rings. The molecule has 0 amide bonds. The van der Waals surface area contributed by atoms with E-state index in [-0.39, 0.29) is 6.42 Å². The fraction of sp³-hybridized carbons (Fsp3) is 0.172. The lowest BCUT2D eigenvalue weighted by molar-refractivity contribution is 0.00533. The molecule has 0 saturated carbocycles. The van der Waals surface area contributed by atoms with E-state index in [4.69, 9.17) is 0 Å². The first-order valence-electron chi connectivity index (χ1n) is 11.4. The van der Waals surface area contributed by atoms with Gasteiger partial charge in [-0.05, 0) is 17.5 Å². The van der Waals surface area contributed by atoms with E-state index in [9.17, 15) is 15.3 Å². The van der Waals surface area contributed by atoms with E-state index in [0.29, 0.717) is 21.7 Å². The van der Waals surface area contributed by atoms with Crippen LogP contribution in [0.5, 0.6) is 0 Å². The van der Waals surface area contributed by atoms with Gasteiger partial charge < -0.3 is 19.9 Å². The Bertz CT molecular complexity index is 1160. The average molecular weight is 473 g/mol. The molecule has 0 aromatic heterocycles. The summed E-state index contributed by atoms with van der Waals surface area (Å²) in [7, 11) is -3.46. The molecule has 0 aliphatic carbocycles. The highest BCUT2D eigenvalue weighted by atomic mass is 31.2. The normalized spacial score (nSPS) is 15.3. The van der Waals surface area contributed by atoms with E-state index >= 15 is 4.57 Å². The molecular formula is C29H29O4P. The molecule has 34 heavy (non-hydrogen) atoms. The van der Waals surface area contributed by atoms with E-state index in [0.717, 1.165) is 0 Å². The van der Waals surface area contributed by atoms with E-state index in [2.05, 4.69) is 0 Å². The Hall–Kier alpha value is -3.01. The minimum atomic E-state index is -3.46. The number of hydrogen-bond donors (Lipinski definition) is 3. The van der Waals surface area contributed by atoms with Gasteiger partial charge in [0.05, 0.1) is 17.9 Å². The van der Waals surface area contributed by atoms with Crippen molar-refractivity contribution < 1.29 is 19.9 Å². The largest absolute Gasteiger partial charge is 0.390 e. The molecule has 3 N–H and O–H groups in total. The molecule has 0 bridgehead atoms. The molecular weight excluding hydrogens is 443 g/mol. The Labute approximate surface area is 200 Å². The maximum absolute atomic E-state index is 15.1. The third kappa shape index (κ3) is 5.06. The summed E-state index contributed by atoms with van der Waals surface area (Å²) < 4.78 is 15.1. The molecule has 4 atom stereocenters. The lowest BCUT2D eigenvalue weighted by atomic mass is 9.97. The molecule has 0 heterocycles. The standard InChI is InChI=1S/C29H29O4P/c30-26(28(31)22-13-5-1-6-14-22)21-27(29(32)23-15-7-2-8-16-23)34(33,24-17-9-3-10-18-24)25-19-11-4-12-20-25/h1-20,26-32H,21H2/t26-,27-,28-,29-/m0/s1. The maximum atomic E-state index is 15.1. The van der Waals surface area contributed by atoms with Crippen LogP contribution in [0.25, 0.3) is 0 Å². The third-order valence-corrected chi connectivity index (χ3v) is 9.80. The summed E-state index contributed by atoms with van der Waals surface area (Å²) in [5.41, 5.74) is 0.311. The van der Waals surface area contributed by atoms with Crippen LogP contribution in [-0.4, -0.2) is 27.1 Å². The van der Waals surface area contributed by atoms with Crippen molar-refractivity contribution in [3.8, 4) is 0 Å². The smallest absolute Gasteiger partial charge is 0.149 e. The number of aliphatic hydroxyl groups is 3. The Morgan fingerprint density at radius 3 is 1.29 bits per heavy atom. The molecule has 174 valence electrons. The van der Waals surface area contributed by atoms with E-state index < -0.39 is 31.1 Å². The molecule has 4 aromatic carbocycles. The van der Waals surface area contributed by atoms with E-state index in [1.807, 2.05) is 60.7 Å². The first-order valence-corrected chi connectivity index (χ1v) is 13.1. The van der Waals surface area contributed by atoms with Crippen molar-refractivity contribution in [1.29, 1.82) is 0 Å². The monoisotopic (exact) mass is 472 g/mol. The molecule has 4 nitrogen and oxygen atoms in total. The van der Waals surface area contributed by atoms with Crippen LogP contribution in [-0.2, 0) is 4.57 Å². The fourth-order valence-corrected chi connectivity index (χ4v) is 7.81. The highest BCUT2D eigenvalue weighted by Gasteiger charge is 2.43. The molecule has 4 rings (SSSR count). The van der Waals surface area contributed by atoms with Crippen LogP contribution in [0, 0.1) is 0 Å². The number of hydrogen-bond acceptors (Lipinski definition) is 4. The van der Waals surface area contributed by atoms with Gasteiger partial charge in [0.15, 0.2) is 0 Å². The van der Waals surface area contributed by atoms with Crippen molar-refractivity contribution in [2.75, 3.05) is 0 Å². The molecule has 0 unspecified atom stereocenters. The van der Waals surface area contributed by atoms with Gasteiger partial charge in [0.1, 0.15) is 13.2 Å². The zero-order chi connectivity index (χ0) is 24.0. The van der Waals surface area contributed by atoms with Crippen molar-refractivity contribution in [3.05, 3.63) is 132 Å². The highest BCUT2D eigenvalue weighted by molar-refractivity contribution is 7.79. The second-order valence-corrected chi connectivity index (χ2v) is 11.4. The topological polar surface area (TPSA) is 77.8 Å². The molecule has 4 aromatic rings. The van der Waals surface area contributed by atoms with Crippen molar-refractivity contribution >= 4 is 17.8 Å². The van der Waals surface area contributed by atoms with E-state index in [1.165, 1.54) is 0 Å². The molecule has 0 aliphatic rings. The van der Waals surface area contributed by atoms with Gasteiger partial charge in [-0.15, -0.1) is 0 Å². The predicted octanol–water partition coefficient (Wildman–Crippen LogP) is 4.59. The Morgan fingerprint density at radius 2 is 0.882 bits per heavy atom. The quantitative estimate of drug-likeness (QED) is 0.312. The van der Waals surface area contributed by atoms with Gasteiger partial charge in [-0.2, -0.15) is 0 Å². The summed E-state index contributed by atoms with van der Waals surface area (Å²) in [5.74, 6) is 0. The molecule has 0 spiro atoms. The summed E-state index contributed by atoms with van der Waals surface area (Å²) in [6.45, 7) is 0. The van der Waals surface area contributed by atoms with Crippen molar-refractivity contribution in [1.82, 2.24) is 0 Å². The lowest BCUT2D eigenvalue weighted by Crippen LogP contribution is -2.35. The third-order valence-electron chi connectivity index (χ3n) is 6.24. The molecule has 0 radical (unpaired) electrons. The SMILES string of the molecule is O=P(c1ccccc1)(c1ccccc1)[C@@H](C[C@H](O)[C@@H](O)c1ccccc1)[C@@H](O)c1ccccc1. The first-order chi connectivity index (χ1) is 16.5. The highest BCUT2D eigenvalue weighted by Crippen LogP contribution is 2.55. The van der Waals surface area contributed by atoms with Gasteiger partial charge in [0.25, 0.3) is 0 Å². The molecule has 0 aliphatic heterocycles. The average Bonchev–Trinajstić information content (AvgIpc) is 2.92. The second-order valence-electron chi connectivity index (χ2n) is 8.41. The summed E-state index contributed by atoms with van der Waals surface area (Å²) in [6.07, 6.45) is -3.59. The van der Waals surface area contributed by atoms with Crippen LogP contribution in [0.1, 0.15) is 29.8 Å². The summed E-state index contributed by atoms with van der Waals surface area (Å²) in [6, 6.07) is 36.2. The summed E-state index contributed by atoms with van der Waals surface area (Å²) >= 11 is 0. The van der Waals surface area contributed by atoms with Gasteiger partial charge in [0, 0.05) is 10.6 Å². The van der Waals surface area contributed by atoms with Gasteiger partial charge in [-0.1, -0.05) is 121 Å². The zero-order valence-corrected chi connectivity index (χ0v) is 19.7. The Balaban J connectivity index is 1.82. The number of aliphatic hydroxyl groups excluding tert-OH is 3. The summed E-state index contributed by atoms with van der Waals surface area (Å²) in [5, 5.41) is 34.8. The Morgan fingerprint density at radius 1 is 0.529 bits per heavy atom. The number of benzene rings is 4. The van der Waals surface area contributed by atoms with Crippen molar-refractivity contribution in [2.24, 2.45) is 0 Å². The summed E-state index contributed by atoms with van der Waals surface area (Å²) in [4.78, 5) is 0. The molecule has 5 heteroatoms. The van der Waals surface area contributed by atoms with Crippen LogP contribution in [0.2, 0.25) is 0 Å². The second kappa shape index (κ2) is 10.9. The van der Waals surface area contributed by atoms with Crippen molar-refractivity contribution in [2.45, 2.75) is 30.4 Å². The van der Waals surface area contributed by atoms with Gasteiger partial charge in [-0.3, -0.25) is 0 Å². The van der Waals surface area contributed by atoms with Crippen LogP contribution in [0.3, 0.4) is 0 Å². The lowest BCUT2D eigenvalue weighted by Gasteiger charge is -2.34. The van der Waals surface area contributed by atoms with Crippen LogP contribution in [0.15, 0.2) is 121 Å². The Kier molecular flexibility index (Phi) is 7.77.